The Labute approximate surface area is 165 Å². The van der Waals surface area contributed by atoms with E-state index in [4.69, 9.17) is 11.6 Å². The summed E-state index contributed by atoms with van der Waals surface area (Å²) in [5, 5.41) is 0.828. The van der Waals surface area contributed by atoms with Crippen LogP contribution in [0.1, 0.15) is 44.1 Å². The van der Waals surface area contributed by atoms with Gasteiger partial charge < -0.3 is 4.57 Å². The molecule has 2 heterocycles. The Morgan fingerprint density at radius 1 is 0.815 bits per heavy atom. The van der Waals surface area contributed by atoms with E-state index in [-0.39, 0.29) is 11.2 Å². The van der Waals surface area contributed by atoms with E-state index in [0.29, 0.717) is 13.1 Å². The van der Waals surface area contributed by atoms with Crippen LogP contribution in [0.3, 0.4) is 0 Å². The average molecular weight is 390 g/mol. The maximum Gasteiger partial charge on any atom is 0.330 e. The minimum Gasteiger partial charge on any atom is -0.300 e. The molecule has 27 heavy (non-hydrogen) atoms. The molecule has 1 aliphatic rings. The lowest BCUT2D eigenvalue weighted by Gasteiger charge is -2.23. The number of aromatic nitrogens is 2. The summed E-state index contributed by atoms with van der Waals surface area (Å²) in [7, 11) is 0. The lowest BCUT2D eigenvalue weighted by Crippen LogP contribution is -2.39. The number of fused-ring (bicyclic) bond motifs is 2. The van der Waals surface area contributed by atoms with Crippen molar-refractivity contribution in [1.82, 2.24) is 14.0 Å². The van der Waals surface area contributed by atoms with Gasteiger partial charge in [-0.3, -0.25) is 14.3 Å². The van der Waals surface area contributed by atoms with E-state index in [1.165, 1.54) is 16.2 Å². The molecule has 0 spiro atoms. The van der Waals surface area contributed by atoms with Crippen molar-refractivity contribution in [1.29, 1.82) is 0 Å². The molecule has 2 bridgehead atoms. The maximum atomic E-state index is 12.5. The minimum absolute atomic E-state index is 0.167. The number of nitrogens with zero attached hydrogens (tertiary/aromatic N) is 3. The molecule has 3 rings (SSSR count). The van der Waals surface area contributed by atoms with E-state index >= 15 is 0 Å². The zero-order chi connectivity index (χ0) is 19.1. The van der Waals surface area contributed by atoms with Crippen LogP contribution < -0.4 is 11.2 Å². The molecule has 0 aliphatic carbocycles. The van der Waals surface area contributed by atoms with Crippen LogP contribution in [0.5, 0.6) is 0 Å². The molecule has 0 fully saturated rings. The Balaban J connectivity index is 1.66. The number of hydrogen-bond acceptors (Lipinski definition) is 3. The fourth-order valence-corrected chi connectivity index (χ4v) is 3.84. The fraction of sp³-hybridized carbons (Fsp3) is 0.524. The van der Waals surface area contributed by atoms with Gasteiger partial charge in [0.25, 0.3) is 5.56 Å². The predicted octanol–water partition coefficient (Wildman–Crippen LogP) is 3.52. The fourth-order valence-electron chi connectivity index (χ4n) is 3.65. The molecule has 0 unspecified atom stereocenters. The Kier molecular flexibility index (Phi) is 7.30. The molecular weight excluding hydrogens is 362 g/mol. The molecule has 0 atom stereocenters. The molecule has 0 saturated carbocycles. The number of hydrogen-bond donors (Lipinski definition) is 0. The van der Waals surface area contributed by atoms with E-state index in [0.717, 1.165) is 63.2 Å². The van der Waals surface area contributed by atoms with Gasteiger partial charge in [-0.25, -0.2) is 4.79 Å². The SMILES string of the molecule is O=c1ccn2c(=O)n1CCCCCN(Cc1ccccc1Cl)CCCCC2. The summed E-state index contributed by atoms with van der Waals surface area (Å²) < 4.78 is 3.06. The van der Waals surface area contributed by atoms with Gasteiger partial charge in [-0.15, -0.1) is 0 Å². The summed E-state index contributed by atoms with van der Waals surface area (Å²) in [6, 6.07) is 9.56. The van der Waals surface area contributed by atoms with Crippen molar-refractivity contribution in [2.75, 3.05) is 13.1 Å². The third-order valence-electron chi connectivity index (χ3n) is 5.22. The molecule has 0 amide bonds. The van der Waals surface area contributed by atoms with Gasteiger partial charge in [0.05, 0.1) is 0 Å². The Hall–Kier alpha value is -1.85. The highest BCUT2D eigenvalue weighted by Crippen LogP contribution is 2.18. The Morgan fingerprint density at radius 3 is 2.22 bits per heavy atom. The maximum absolute atomic E-state index is 12.5. The summed E-state index contributed by atoms with van der Waals surface area (Å²) in [5.74, 6) is 0. The molecule has 2 aromatic rings. The third kappa shape index (κ3) is 5.56. The van der Waals surface area contributed by atoms with Crippen LogP contribution in [0.2, 0.25) is 5.02 Å². The largest absolute Gasteiger partial charge is 0.330 e. The topological polar surface area (TPSA) is 47.2 Å². The van der Waals surface area contributed by atoms with Crippen LogP contribution in [-0.4, -0.2) is 27.1 Å². The molecule has 1 aromatic heterocycles. The predicted molar refractivity (Wildman–Crippen MR) is 109 cm³/mol. The second-order valence-corrected chi connectivity index (χ2v) is 7.68. The second kappa shape index (κ2) is 9.90. The van der Waals surface area contributed by atoms with E-state index in [1.54, 1.807) is 10.8 Å². The first-order valence-corrected chi connectivity index (χ1v) is 10.3. The summed E-state index contributed by atoms with van der Waals surface area (Å²) in [6.07, 6.45) is 7.64. The van der Waals surface area contributed by atoms with Crippen molar-refractivity contribution >= 4 is 11.6 Å². The van der Waals surface area contributed by atoms with Crippen LogP contribution >= 0.6 is 11.6 Å². The van der Waals surface area contributed by atoms with Crippen LogP contribution in [0.4, 0.5) is 0 Å². The zero-order valence-electron chi connectivity index (χ0n) is 15.8. The third-order valence-corrected chi connectivity index (χ3v) is 5.59. The highest BCUT2D eigenvalue weighted by molar-refractivity contribution is 6.31. The number of rotatable bonds is 2. The van der Waals surface area contributed by atoms with Crippen molar-refractivity contribution in [2.24, 2.45) is 0 Å². The van der Waals surface area contributed by atoms with E-state index in [1.807, 2.05) is 18.2 Å². The average Bonchev–Trinajstić information content (AvgIpc) is 2.66. The normalized spacial score (nSPS) is 17.4. The van der Waals surface area contributed by atoms with Crippen molar-refractivity contribution in [3.8, 4) is 0 Å². The monoisotopic (exact) mass is 389 g/mol. The van der Waals surface area contributed by atoms with Gasteiger partial charge in [0, 0.05) is 36.9 Å². The smallest absolute Gasteiger partial charge is 0.300 e. The van der Waals surface area contributed by atoms with Crippen LogP contribution in [0, 0.1) is 0 Å². The van der Waals surface area contributed by atoms with E-state index in [2.05, 4.69) is 11.0 Å². The number of benzene rings is 1. The van der Waals surface area contributed by atoms with Crippen molar-refractivity contribution in [3.05, 3.63) is 68.0 Å². The van der Waals surface area contributed by atoms with Gasteiger partial charge in [0.15, 0.2) is 0 Å². The first-order valence-electron chi connectivity index (χ1n) is 9.91. The molecule has 5 nitrogen and oxygen atoms in total. The number of aryl methyl sites for hydroxylation is 1. The van der Waals surface area contributed by atoms with Gasteiger partial charge in [0.2, 0.25) is 0 Å². The standard InChI is InChI=1S/C21H28ClN3O2/c22-19-10-4-3-9-18(19)17-23-12-5-1-7-14-24-16-11-20(26)25(21(24)27)15-8-2-6-13-23/h3-4,9-11,16H,1-2,5-8,12-15,17H2. The summed E-state index contributed by atoms with van der Waals surface area (Å²) in [4.78, 5) is 26.9. The zero-order valence-corrected chi connectivity index (χ0v) is 16.5. The molecule has 146 valence electrons. The first kappa shape index (κ1) is 19.9. The summed E-state index contributed by atoms with van der Waals surface area (Å²) in [5.41, 5.74) is 0.817. The Bertz CT molecular complexity index is 859. The number of halogens is 1. The van der Waals surface area contributed by atoms with Gasteiger partial charge in [-0.2, -0.15) is 0 Å². The summed E-state index contributed by atoms with van der Waals surface area (Å²) >= 11 is 6.34. The molecule has 0 saturated heterocycles. The van der Waals surface area contributed by atoms with Crippen molar-refractivity contribution < 1.29 is 0 Å². The highest BCUT2D eigenvalue weighted by Gasteiger charge is 2.10. The first-order chi connectivity index (χ1) is 13.1. The minimum atomic E-state index is -0.191. The molecule has 1 aliphatic heterocycles. The van der Waals surface area contributed by atoms with Crippen LogP contribution in [0.25, 0.3) is 0 Å². The van der Waals surface area contributed by atoms with E-state index < -0.39 is 0 Å². The van der Waals surface area contributed by atoms with Gasteiger partial charge in [-0.05, 0) is 50.4 Å². The quantitative estimate of drug-likeness (QED) is 0.789. The van der Waals surface area contributed by atoms with Crippen molar-refractivity contribution in [2.45, 2.75) is 58.2 Å². The van der Waals surface area contributed by atoms with Crippen LogP contribution in [-0.2, 0) is 19.6 Å². The van der Waals surface area contributed by atoms with E-state index in [9.17, 15) is 9.59 Å². The van der Waals surface area contributed by atoms with Gasteiger partial charge in [0.1, 0.15) is 0 Å². The molecule has 0 N–H and O–H groups in total. The lowest BCUT2D eigenvalue weighted by atomic mass is 10.1. The van der Waals surface area contributed by atoms with Gasteiger partial charge in [-0.1, -0.05) is 42.6 Å². The highest BCUT2D eigenvalue weighted by atomic mass is 35.5. The molecule has 6 heteroatoms. The van der Waals surface area contributed by atoms with Gasteiger partial charge >= 0.3 is 5.69 Å². The van der Waals surface area contributed by atoms with Crippen molar-refractivity contribution in [3.63, 3.8) is 0 Å². The lowest BCUT2D eigenvalue weighted by molar-refractivity contribution is 0.250. The molecule has 0 radical (unpaired) electrons. The van der Waals surface area contributed by atoms with Crippen LogP contribution in [0.15, 0.2) is 46.1 Å². The molecular formula is C21H28ClN3O2. The summed E-state index contributed by atoms with van der Waals surface area (Å²) in [6.45, 7) is 4.10. The molecule has 1 aromatic carbocycles. The Morgan fingerprint density at radius 2 is 1.48 bits per heavy atom. The second-order valence-electron chi connectivity index (χ2n) is 7.27.